The molecule has 1 fully saturated rings. The van der Waals surface area contributed by atoms with Gasteiger partial charge in [0.1, 0.15) is 5.01 Å². The van der Waals surface area contributed by atoms with E-state index in [1.54, 1.807) is 6.92 Å². The van der Waals surface area contributed by atoms with Crippen molar-refractivity contribution in [3.63, 3.8) is 0 Å². The lowest BCUT2D eigenvalue weighted by molar-refractivity contribution is -0.144. The first kappa shape index (κ1) is 12.7. The van der Waals surface area contributed by atoms with E-state index in [4.69, 9.17) is 9.84 Å². The average molecular weight is 272 g/mol. The Hall–Kier alpha value is -1.74. The summed E-state index contributed by atoms with van der Waals surface area (Å²) >= 11 is 1.21. The molecule has 0 bridgehead atoms. The van der Waals surface area contributed by atoms with Gasteiger partial charge in [-0.15, -0.1) is 10.2 Å². The van der Waals surface area contributed by atoms with Gasteiger partial charge in [-0.05, 0) is 6.92 Å². The zero-order valence-corrected chi connectivity index (χ0v) is 10.4. The predicted octanol–water partition coefficient (Wildman–Crippen LogP) is 0.212. The van der Waals surface area contributed by atoms with E-state index in [0.29, 0.717) is 16.7 Å². The smallest absolute Gasteiger partial charge is 0.332 e. The number of nitrogens with zero attached hydrogens (tertiary/aromatic N) is 2. The molecule has 9 heteroatoms. The summed E-state index contributed by atoms with van der Waals surface area (Å²) in [6, 6.07) is -0.626. The fourth-order valence-corrected chi connectivity index (χ4v) is 2.17. The lowest BCUT2D eigenvalue weighted by atomic mass is 9.99. The Balaban J connectivity index is 1.99. The van der Waals surface area contributed by atoms with Crippen LogP contribution in [-0.4, -0.2) is 46.1 Å². The molecule has 8 nitrogen and oxygen atoms in total. The molecule has 98 valence electrons. The third-order valence-corrected chi connectivity index (χ3v) is 3.28. The van der Waals surface area contributed by atoms with Crippen LogP contribution in [0.4, 0.5) is 9.93 Å². The van der Waals surface area contributed by atoms with Crippen molar-refractivity contribution >= 4 is 28.5 Å². The lowest BCUT2D eigenvalue weighted by Gasteiger charge is -2.23. The van der Waals surface area contributed by atoms with Crippen LogP contribution in [0, 0.1) is 6.92 Å². The number of aromatic nitrogens is 2. The zero-order chi connectivity index (χ0) is 13.2. The van der Waals surface area contributed by atoms with Crippen molar-refractivity contribution in [1.29, 1.82) is 0 Å². The molecular formula is C9H12N4O4S. The predicted molar refractivity (Wildman–Crippen MR) is 62.6 cm³/mol. The van der Waals surface area contributed by atoms with Crippen molar-refractivity contribution in [3.8, 4) is 0 Å². The van der Waals surface area contributed by atoms with E-state index in [0.717, 1.165) is 0 Å². The van der Waals surface area contributed by atoms with Gasteiger partial charge in [-0.3, -0.25) is 5.32 Å². The number of aryl methyl sites for hydroxylation is 1. The van der Waals surface area contributed by atoms with Crippen LogP contribution in [0.3, 0.4) is 0 Å². The SMILES string of the molecule is Cc1nnc(NC(=O)NC2(C(=O)O)CCOC2)s1. The Bertz CT molecular complexity index is 469. The number of aliphatic carboxylic acids is 1. The first-order valence-electron chi connectivity index (χ1n) is 5.22. The average Bonchev–Trinajstić information content (AvgIpc) is 2.89. The van der Waals surface area contributed by atoms with E-state index >= 15 is 0 Å². The first-order chi connectivity index (χ1) is 8.52. The highest BCUT2D eigenvalue weighted by atomic mass is 32.1. The number of carbonyl (C=O) groups is 2. The second-order valence-electron chi connectivity index (χ2n) is 3.90. The molecular weight excluding hydrogens is 260 g/mol. The number of amides is 2. The quantitative estimate of drug-likeness (QED) is 0.725. The number of carbonyl (C=O) groups excluding carboxylic acids is 1. The van der Waals surface area contributed by atoms with E-state index in [-0.39, 0.29) is 13.0 Å². The minimum Gasteiger partial charge on any atom is -0.479 e. The van der Waals surface area contributed by atoms with Crippen LogP contribution < -0.4 is 10.6 Å². The third kappa shape index (κ3) is 2.57. The number of ether oxygens (including phenoxy) is 1. The summed E-state index contributed by atoms with van der Waals surface area (Å²) in [5, 5.41) is 22.5. The summed E-state index contributed by atoms with van der Waals surface area (Å²) in [5.74, 6) is -1.11. The van der Waals surface area contributed by atoms with Crippen LogP contribution in [0.25, 0.3) is 0 Å². The third-order valence-electron chi connectivity index (χ3n) is 2.53. The molecule has 0 saturated carbocycles. The summed E-state index contributed by atoms with van der Waals surface area (Å²) in [5.41, 5.74) is -1.36. The number of urea groups is 1. The molecule has 1 aliphatic heterocycles. The maximum absolute atomic E-state index is 11.7. The number of hydrogen-bond donors (Lipinski definition) is 3. The van der Waals surface area contributed by atoms with E-state index < -0.39 is 17.5 Å². The highest BCUT2D eigenvalue weighted by Crippen LogP contribution is 2.20. The fraction of sp³-hybridized carbons (Fsp3) is 0.556. The number of carboxylic acid groups (broad SMARTS) is 1. The molecule has 2 rings (SSSR count). The Morgan fingerprint density at radius 1 is 1.50 bits per heavy atom. The molecule has 1 saturated heterocycles. The Kier molecular flexibility index (Phi) is 3.43. The molecule has 1 aromatic heterocycles. The van der Waals surface area contributed by atoms with Gasteiger partial charge < -0.3 is 15.2 Å². The topological polar surface area (TPSA) is 113 Å². The molecule has 2 amide bonds. The maximum Gasteiger partial charge on any atom is 0.332 e. The molecule has 18 heavy (non-hydrogen) atoms. The van der Waals surface area contributed by atoms with Crippen LogP contribution in [0.1, 0.15) is 11.4 Å². The second-order valence-corrected chi connectivity index (χ2v) is 5.08. The summed E-state index contributed by atoms with van der Waals surface area (Å²) < 4.78 is 5.03. The van der Waals surface area contributed by atoms with Crippen molar-refractivity contribution < 1.29 is 19.4 Å². The highest BCUT2D eigenvalue weighted by Gasteiger charge is 2.44. The first-order valence-corrected chi connectivity index (χ1v) is 6.04. The van der Waals surface area contributed by atoms with Gasteiger partial charge in [0.2, 0.25) is 5.13 Å². The van der Waals surface area contributed by atoms with Crippen molar-refractivity contribution in [3.05, 3.63) is 5.01 Å². The van der Waals surface area contributed by atoms with Crippen LogP contribution in [0.15, 0.2) is 0 Å². The Labute approximate surface area is 106 Å². The van der Waals surface area contributed by atoms with Gasteiger partial charge >= 0.3 is 12.0 Å². The normalized spacial score (nSPS) is 22.7. The summed E-state index contributed by atoms with van der Waals surface area (Å²) in [6.07, 6.45) is 0.241. The van der Waals surface area contributed by atoms with E-state index in [1.165, 1.54) is 11.3 Å². The van der Waals surface area contributed by atoms with Gasteiger partial charge in [0, 0.05) is 13.0 Å². The summed E-state index contributed by atoms with van der Waals surface area (Å²) in [7, 11) is 0. The van der Waals surface area contributed by atoms with Crippen molar-refractivity contribution in [2.45, 2.75) is 18.9 Å². The molecule has 0 aromatic carbocycles. The Morgan fingerprint density at radius 3 is 2.78 bits per heavy atom. The van der Waals surface area contributed by atoms with Crippen molar-refractivity contribution in [1.82, 2.24) is 15.5 Å². The molecule has 2 heterocycles. The number of hydrogen-bond acceptors (Lipinski definition) is 6. The van der Waals surface area contributed by atoms with Crippen LogP contribution in [0.2, 0.25) is 0 Å². The molecule has 0 spiro atoms. The summed E-state index contributed by atoms with van der Waals surface area (Å²) in [4.78, 5) is 22.9. The van der Waals surface area contributed by atoms with Crippen LogP contribution >= 0.6 is 11.3 Å². The standard InChI is InChI=1S/C9H12N4O4S/c1-5-12-13-8(18-5)10-7(16)11-9(6(14)15)2-3-17-4-9/h2-4H2,1H3,(H,14,15)(H2,10,11,13,16). The van der Waals surface area contributed by atoms with Gasteiger partial charge in [-0.25, -0.2) is 9.59 Å². The molecule has 0 radical (unpaired) electrons. The molecule has 1 unspecified atom stereocenters. The molecule has 1 aliphatic rings. The lowest BCUT2D eigenvalue weighted by Crippen LogP contribution is -2.56. The Morgan fingerprint density at radius 2 is 2.28 bits per heavy atom. The van der Waals surface area contributed by atoms with Crippen molar-refractivity contribution in [2.24, 2.45) is 0 Å². The van der Waals surface area contributed by atoms with Gasteiger partial charge in [0.15, 0.2) is 5.54 Å². The largest absolute Gasteiger partial charge is 0.479 e. The minimum absolute atomic E-state index is 0.0368. The van der Waals surface area contributed by atoms with E-state index in [9.17, 15) is 9.59 Å². The molecule has 1 atom stereocenters. The van der Waals surface area contributed by atoms with Gasteiger partial charge in [0.05, 0.1) is 6.61 Å². The van der Waals surface area contributed by atoms with Gasteiger partial charge in [-0.1, -0.05) is 11.3 Å². The second kappa shape index (κ2) is 4.86. The van der Waals surface area contributed by atoms with Gasteiger partial charge in [-0.2, -0.15) is 0 Å². The summed E-state index contributed by atoms with van der Waals surface area (Å²) in [6.45, 7) is 2.03. The van der Waals surface area contributed by atoms with Crippen LogP contribution in [-0.2, 0) is 9.53 Å². The van der Waals surface area contributed by atoms with Gasteiger partial charge in [0.25, 0.3) is 0 Å². The molecule has 0 aliphatic carbocycles. The van der Waals surface area contributed by atoms with E-state index in [2.05, 4.69) is 20.8 Å². The maximum atomic E-state index is 11.7. The number of carboxylic acids is 1. The van der Waals surface area contributed by atoms with E-state index in [1.807, 2.05) is 0 Å². The monoisotopic (exact) mass is 272 g/mol. The number of nitrogens with one attached hydrogen (secondary N) is 2. The molecule has 1 aromatic rings. The fourth-order valence-electron chi connectivity index (χ4n) is 1.58. The van der Waals surface area contributed by atoms with Crippen LogP contribution in [0.5, 0.6) is 0 Å². The molecule has 3 N–H and O–H groups in total. The minimum atomic E-state index is -1.36. The van der Waals surface area contributed by atoms with Crippen molar-refractivity contribution in [2.75, 3.05) is 18.5 Å². The highest BCUT2D eigenvalue weighted by molar-refractivity contribution is 7.15. The number of anilines is 1. The number of rotatable bonds is 3. The zero-order valence-electron chi connectivity index (χ0n) is 9.60.